The summed E-state index contributed by atoms with van der Waals surface area (Å²) in [6.45, 7) is 5.90. The molecule has 1 atom stereocenters. The molecule has 4 heteroatoms. The average molecular weight is 315 g/mol. The number of benzene rings is 1. The van der Waals surface area contributed by atoms with Crippen LogP contribution >= 0.6 is 0 Å². The molecule has 0 aliphatic carbocycles. The molecular weight excluding hydrogens is 286 g/mol. The first-order chi connectivity index (χ1) is 11.2. The van der Waals surface area contributed by atoms with Crippen LogP contribution in [-0.4, -0.2) is 47.9 Å². The first kappa shape index (κ1) is 16.5. The molecule has 0 spiro atoms. The van der Waals surface area contributed by atoms with Gasteiger partial charge in [0.25, 0.3) is 0 Å². The molecule has 1 amide bonds. The van der Waals surface area contributed by atoms with Crippen LogP contribution < -0.4 is 5.73 Å². The van der Waals surface area contributed by atoms with Crippen LogP contribution in [0, 0.1) is 0 Å². The number of carbonyl (C=O) groups is 1. The zero-order valence-electron chi connectivity index (χ0n) is 14.0. The summed E-state index contributed by atoms with van der Waals surface area (Å²) in [5, 5.41) is 0. The van der Waals surface area contributed by atoms with E-state index in [4.69, 9.17) is 5.73 Å². The minimum absolute atomic E-state index is 0.351. The maximum atomic E-state index is 11.2. The van der Waals surface area contributed by atoms with Gasteiger partial charge < -0.3 is 5.73 Å². The largest absolute Gasteiger partial charge is 0.366 e. The third-order valence-corrected chi connectivity index (χ3v) is 5.28. The van der Waals surface area contributed by atoms with Gasteiger partial charge in [0.15, 0.2) is 0 Å². The lowest BCUT2D eigenvalue weighted by Crippen LogP contribution is -2.47. The minimum atomic E-state index is -0.351. The molecule has 3 rings (SSSR count). The molecule has 2 aliphatic rings. The Kier molecular flexibility index (Phi) is 5.68. The fourth-order valence-corrected chi connectivity index (χ4v) is 3.97. The van der Waals surface area contributed by atoms with Crippen LogP contribution in [0.15, 0.2) is 24.3 Å². The molecule has 0 bridgehead atoms. The Morgan fingerprint density at radius 1 is 1.00 bits per heavy atom. The summed E-state index contributed by atoms with van der Waals surface area (Å²) in [4.78, 5) is 16.5. The predicted octanol–water partition coefficient (Wildman–Crippen LogP) is 2.63. The van der Waals surface area contributed by atoms with E-state index in [0.29, 0.717) is 5.56 Å². The van der Waals surface area contributed by atoms with E-state index >= 15 is 0 Å². The van der Waals surface area contributed by atoms with Crippen molar-refractivity contribution in [3.05, 3.63) is 35.4 Å². The molecule has 23 heavy (non-hydrogen) atoms. The molecule has 1 aromatic rings. The van der Waals surface area contributed by atoms with Gasteiger partial charge in [0.2, 0.25) is 5.91 Å². The maximum Gasteiger partial charge on any atom is 0.248 e. The number of likely N-dealkylation sites (tertiary alicyclic amines) is 2. The van der Waals surface area contributed by atoms with Gasteiger partial charge in [-0.05, 0) is 63.0 Å². The smallest absolute Gasteiger partial charge is 0.248 e. The monoisotopic (exact) mass is 315 g/mol. The molecular formula is C19H29N3O. The predicted molar refractivity (Wildman–Crippen MR) is 93.3 cm³/mol. The van der Waals surface area contributed by atoms with Crippen LogP contribution in [0.2, 0.25) is 0 Å². The van der Waals surface area contributed by atoms with E-state index in [-0.39, 0.29) is 5.91 Å². The van der Waals surface area contributed by atoms with Crippen LogP contribution in [0.1, 0.15) is 54.4 Å². The second kappa shape index (κ2) is 7.93. The van der Waals surface area contributed by atoms with Crippen molar-refractivity contribution in [3.63, 3.8) is 0 Å². The fraction of sp³-hybridized carbons (Fsp3) is 0.632. The lowest BCUT2D eigenvalue weighted by molar-refractivity contribution is 0.0956. The summed E-state index contributed by atoms with van der Waals surface area (Å²) in [6, 6.07) is 8.49. The minimum Gasteiger partial charge on any atom is -0.366 e. The highest BCUT2D eigenvalue weighted by atomic mass is 16.1. The van der Waals surface area contributed by atoms with E-state index in [1.165, 1.54) is 70.3 Å². The molecule has 126 valence electrons. The van der Waals surface area contributed by atoms with E-state index in [0.717, 1.165) is 12.6 Å². The molecule has 0 aromatic heterocycles. The van der Waals surface area contributed by atoms with Crippen molar-refractivity contribution in [2.24, 2.45) is 5.73 Å². The fourth-order valence-electron chi connectivity index (χ4n) is 3.97. The summed E-state index contributed by atoms with van der Waals surface area (Å²) in [6.07, 6.45) is 8.17. The van der Waals surface area contributed by atoms with Crippen LogP contribution in [0.25, 0.3) is 0 Å². The van der Waals surface area contributed by atoms with Crippen molar-refractivity contribution in [3.8, 4) is 0 Å². The normalized spacial score (nSPS) is 24.3. The zero-order valence-corrected chi connectivity index (χ0v) is 14.0. The number of nitrogens with zero attached hydrogens (tertiary/aromatic N) is 2. The number of carbonyl (C=O) groups excluding carboxylic acids is 1. The summed E-state index contributed by atoms with van der Waals surface area (Å²) in [7, 11) is 0. The van der Waals surface area contributed by atoms with Gasteiger partial charge in [0.1, 0.15) is 0 Å². The molecule has 1 unspecified atom stereocenters. The Morgan fingerprint density at radius 2 is 1.70 bits per heavy atom. The Hall–Kier alpha value is -1.39. The van der Waals surface area contributed by atoms with E-state index in [1.54, 1.807) is 0 Å². The number of primary amides is 1. The van der Waals surface area contributed by atoms with Crippen molar-refractivity contribution in [1.29, 1.82) is 0 Å². The van der Waals surface area contributed by atoms with E-state index in [2.05, 4.69) is 9.80 Å². The van der Waals surface area contributed by atoms with Crippen LogP contribution in [-0.2, 0) is 6.54 Å². The summed E-state index contributed by atoms with van der Waals surface area (Å²) >= 11 is 0. The molecule has 0 radical (unpaired) electrons. The highest BCUT2D eigenvalue weighted by molar-refractivity contribution is 5.92. The second-order valence-corrected chi connectivity index (χ2v) is 7.04. The standard InChI is InChI=1S/C19H29N3O/c20-19(23)17-9-7-16(8-10-17)14-21-11-5-6-18(15-21)22-12-3-1-2-4-13-22/h7-10,18H,1-6,11-15H2,(H2,20,23). The lowest BCUT2D eigenvalue weighted by Gasteiger charge is -2.39. The molecule has 2 fully saturated rings. The van der Waals surface area contributed by atoms with Gasteiger partial charge in [0, 0.05) is 24.7 Å². The van der Waals surface area contributed by atoms with Gasteiger partial charge in [-0.3, -0.25) is 14.6 Å². The van der Waals surface area contributed by atoms with Crippen molar-refractivity contribution in [1.82, 2.24) is 9.80 Å². The zero-order chi connectivity index (χ0) is 16.1. The van der Waals surface area contributed by atoms with Gasteiger partial charge in [-0.1, -0.05) is 25.0 Å². The first-order valence-corrected chi connectivity index (χ1v) is 9.07. The van der Waals surface area contributed by atoms with Gasteiger partial charge >= 0.3 is 0 Å². The van der Waals surface area contributed by atoms with Gasteiger partial charge in [0.05, 0.1) is 0 Å². The van der Waals surface area contributed by atoms with Gasteiger partial charge in [-0.25, -0.2) is 0 Å². The number of nitrogens with two attached hydrogens (primary N) is 1. The van der Waals surface area contributed by atoms with Crippen molar-refractivity contribution >= 4 is 5.91 Å². The molecule has 1 aromatic carbocycles. The molecule has 4 nitrogen and oxygen atoms in total. The van der Waals surface area contributed by atoms with E-state index < -0.39 is 0 Å². The Balaban J connectivity index is 1.56. The Morgan fingerprint density at radius 3 is 2.35 bits per heavy atom. The maximum absolute atomic E-state index is 11.2. The summed E-state index contributed by atoms with van der Waals surface area (Å²) in [5.74, 6) is -0.351. The molecule has 2 saturated heterocycles. The van der Waals surface area contributed by atoms with Crippen molar-refractivity contribution in [2.75, 3.05) is 26.2 Å². The van der Waals surface area contributed by atoms with Crippen LogP contribution in [0.4, 0.5) is 0 Å². The molecule has 2 heterocycles. The Labute approximate surface area is 139 Å². The molecule has 0 saturated carbocycles. The highest BCUT2D eigenvalue weighted by Crippen LogP contribution is 2.21. The number of amides is 1. The number of rotatable bonds is 4. The van der Waals surface area contributed by atoms with E-state index in [9.17, 15) is 4.79 Å². The van der Waals surface area contributed by atoms with Gasteiger partial charge in [-0.15, -0.1) is 0 Å². The number of piperidine rings is 1. The van der Waals surface area contributed by atoms with Crippen molar-refractivity contribution < 1.29 is 4.79 Å². The molecule has 2 aliphatic heterocycles. The SMILES string of the molecule is NC(=O)c1ccc(CN2CCCC(N3CCCCCC3)C2)cc1. The second-order valence-electron chi connectivity index (χ2n) is 7.04. The third kappa shape index (κ3) is 4.55. The summed E-state index contributed by atoms with van der Waals surface area (Å²) in [5.41, 5.74) is 7.17. The number of hydrogen-bond acceptors (Lipinski definition) is 3. The molecule has 2 N–H and O–H groups in total. The lowest BCUT2D eigenvalue weighted by atomic mass is 10.0. The quantitative estimate of drug-likeness (QED) is 0.929. The van der Waals surface area contributed by atoms with E-state index in [1.807, 2.05) is 24.3 Å². The Bertz CT molecular complexity index is 506. The topological polar surface area (TPSA) is 49.6 Å². The average Bonchev–Trinajstić information content (AvgIpc) is 2.85. The van der Waals surface area contributed by atoms with Gasteiger partial charge in [-0.2, -0.15) is 0 Å². The first-order valence-electron chi connectivity index (χ1n) is 9.07. The summed E-state index contributed by atoms with van der Waals surface area (Å²) < 4.78 is 0. The highest BCUT2D eigenvalue weighted by Gasteiger charge is 2.25. The number of hydrogen-bond donors (Lipinski definition) is 1. The van der Waals surface area contributed by atoms with Crippen molar-refractivity contribution in [2.45, 2.75) is 51.1 Å². The third-order valence-electron chi connectivity index (χ3n) is 5.28. The van der Waals surface area contributed by atoms with Crippen LogP contribution in [0.5, 0.6) is 0 Å². The van der Waals surface area contributed by atoms with Crippen LogP contribution in [0.3, 0.4) is 0 Å².